The van der Waals surface area contributed by atoms with Gasteiger partial charge in [-0.2, -0.15) is 0 Å². The summed E-state index contributed by atoms with van der Waals surface area (Å²) in [5.41, 5.74) is 0. The largest absolute Gasteiger partial charge is 1.00 e. The van der Waals surface area contributed by atoms with Gasteiger partial charge in [0, 0.05) is 0 Å². The van der Waals surface area contributed by atoms with Crippen molar-refractivity contribution in [1.82, 2.24) is 0 Å². The molecular formula is C5H15NaO5Sn. The van der Waals surface area contributed by atoms with Crippen LogP contribution in [0.5, 0.6) is 0 Å². The minimum atomic E-state index is -4.57. The predicted octanol–water partition coefficient (Wildman–Crippen LogP) is -2.89. The Kier molecular flexibility index (Phi) is 8.23. The molecule has 12 heavy (non-hydrogen) atoms. The Balaban J connectivity index is 0. The minimum absolute atomic E-state index is 0. The van der Waals surface area contributed by atoms with E-state index in [1.807, 2.05) is 0 Å². The van der Waals surface area contributed by atoms with Crippen LogP contribution < -0.4 is 29.6 Å². The van der Waals surface area contributed by atoms with Gasteiger partial charge < -0.3 is 0 Å². The van der Waals surface area contributed by atoms with Gasteiger partial charge in [0.2, 0.25) is 0 Å². The smallest absolute Gasteiger partial charge is 1.00 e. The van der Waals surface area contributed by atoms with Crippen molar-refractivity contribution in [2.24, 2.45) is 0 Å². The van der Waals surface area contributed by atoms with Crippen LogP contribution in [0.2, 0.25) is 0 Å². The molecule has 0 unspecified atom stereocenters. The van der Waals surface area contributed by atoms with Gasteiger partial charge in [0.1, 0.15) is 0 Å². The fourth-order valence-corrected chi connectivity index (χ4v) is 5.59. The van der Waals surface area contributed by atoms with Gasteiger partial charge in [-0.15, -0.1) is 0 Å². The molecule has 0 aliphatic rings. The average Bonchev–Trinajstić information content (AvgIpc) is 2.12. The van der Waals surface area contributed by atoms with E-state index in [2.05, 4.69) is 0 Å². The monoisotopic (exact) mass is 298 g/mol. The van der Waals surface area contributed by atoms with Crippen LogP contribution in [-0.2, 0) is 15.4 Å². The minimum Gasteiger partial charge on any atom is 1.00 e. The molecule has 0 heterocycles. The summed E-state index contributed by atoms with van der Waals surface area (Å²) in [6.45, 7) is 0. The summed E-state index contributed by atoms with van der Waals surface area (Å²) in [7, 11) is 7.18. The van der Waals surface area contributed by atoms with Gasteiger partial charge in [0.25, 0.3) is 0 Å². The van der Waals surface area contributed by atoms with Gasteiger partial charge in [-0.05, 0) is 0 Å². The topological polar surface area (TPSA) is 46.2 Å². The quantitative estimate of drug-likeness (QED) is 0.510. The maximum absolute atomic E-state index is 5.04. The van der Waals surface area contributed by atoms with Crippen LogP contribution in [0, 0.1) is 0 Å². The van der Waals surface area contributed by atoms with Crippen molar-refractivity contribution in [3.63, 3.8) is 0 Å². The molecule has 0 aliphatic carbocycles. The molecule has 0 atom stereocenters. The van der Waals surface area contributed by atoms with Crippen LogP contribution in [0.1, 0.15) is 0 Å². The third-order valence-corrected chi connectivity index (χ3v) is 11.2. The fraction of sp³-hybridized carbons (Fsp3) is 1.00. The van der Waals surface area contributed by atoms with Crippen molar-refractivity contribution in [2.45, 2.75) is 0 Å². The van der Waals surface area contributed by atoms with Crippen molar-refractivity contribution in [3.8, 4) is 0 Å². The maximum atomic E-state index is 5.04. The van der Waals surface area contributed by atoms with E-state index in [0.29, 0.717) is 0 Å². The molecule has 0 aromatic carbocycles. The van der Waals surface area contributed by atoms with Crippen LogP contribution in [-0.4, -0.2) is 54.6 Å². The van der Waals surface area contributed by atoms with Crippen molar-refractivity contribution >= 4 is 19.1 Å². The summed E-state index contributed by atoms with van der Waals surface area (Å²) in [4.78, 5) is 0. The summed E-state index contributed by atoms with van der Waals surface area (Å²) in [5, 5.41) is 0. The number of hydrogen-bond acceptors (Lipinski definition) is 5. The molecule has 5 nitrogen and oxygen atoms in total. The van der Waals surface area contributed by atoms with Gasteiger partial charge >= 0.3 is 99.5 Å². The molecule has 70 valence electrons. The molecule has 0 N–H and O–H groups in total. The first-order valence-electron chi connectivity index (χ1n) is 3.06. The second kappa shape index (κ2) is 6.15. The number of hydrogen-bond donors (Lipinski definition) is 0. The summed E-state index contributed by atoms with van der Waals surface area (Å²) in [5.74, 6) is 0. The van der Waals surface area contributed by atoms with Crippen molar-refractivity contribution in [3.05, 3.63) is 0 Å². The molecule has 0 aliphatic heterocycles. The van der Waals surface area contributed by atoms with E-state index >= 15 is 0 Å². The van der Waals surface area contributed by atoms with Crippen molar-refractivity contribution in [1.29, 1.82) is 0 Å². The van der Waals surface area contributed by atoms with Gasteiger partial charge in [0.05, 0.1) is 0 Å². The zero-order valence-electron chi connectivity index (χ0n) is 8.54. The van der Waals surface area contributed by atoms with E-state index in [0.717, 1.165) is 0 Å². The zero-order chi connectivity index (χ0) is 8.98. The van der Waals surface area contributed by atoms with Gasteiger partial charge in [-0.1, -0.05) is 0 Å². The second-order valence-electron chi connectivity index (χ2n) is 1.85. The zero-order valence-corrected chi connectivity index (χ0v) is 13.4. The molecule has 0 bridgehead atoms. The molecule has 0 saturated carbocycles. The second-order valence-corrected chi connectivity index (χ2v) is 12.4. The summed E-state index contributed by atoms with van der Waals surface area (Å²) in [6.07, 6.45) is 0. The third kappa shape index (κ3) is 2.79. The number of rotatable bonds is 5. The Morgan fingerprint density at radius 2 is 0.750 bits per heavy atom. The Bertz CT molecular complexity index is 92.2. The first kappa shape index (κ1) is 16.0. The summed E-state index contributed by atoms with van der Waals surface area (Å²) in [6, 6.07) is 0. The molecule has 0 rings (SSSR count). The van der Waals surface area contributed by atoms with E-state index in [4.69, 9.17) is 15.4 Å². The van der Waals surface area contributed by atoms with Crippen molar-refractivity contribution in [2.75, 3.05) is 35.5 Å². The Morgan fingerprint density at radius 3 is 0.750 bits per heavy atom. The molecule has 0 spiro atoms. The van der Waals surface area contributed by atoms with Crippen molar-refractivity contribution < 1.29 is 44.9 Å². The SMILES string of the molecule is C[O][Sn-]([O]C)([O]C)([O]C)[O]C.[Na+]. The molecule has 0 amide bonds. The molecule has 0 saturated heterocycles. The first-order valence-corrected chi connectivity index (χ1v) is 8.89. The summed E-state index contributed by atoms with van der Waals surface area (Å²) < 4.78 is 25.2. The molecule has 0 fully saturated rings. The van der Waals surface area contributed by atoms with Crippen LogP contribution >= 0.6 is 0 Å². The van der Waals surface area contributed by atoms with Gasteiger partial charge in [-0.25, -0.2) is 0 Å². The van der Waals surface area contributed by atoms with Gasteiger partial charge in [0.15, 0.2) is 0 Å². The average molecular weight is 297 g/mol. The van der Waals surface area contributed by atoms with Crippen LogP contribution in [0.3, 0.4) is 0 Å². The molecule has 0 aromatic heterocycles. The third-order valence-electron chi connectivity index (χ3n) is 1.67. The Labute approximate surface area is 98.7 Å². The molecule has 7 heteroatoms. The van der Waals surface area contributed by atoms with E-state index in [1.165, 1.54) is 35.5 Å². The maximum Gasteiger partial charge on any atom is 1.00 e. The normalized spacial score (nSPS) is 14.6. The Hall–Kier alpha value is 1.60. The Morgan fingerprint density at radius 1 is 0.583 bits per heavy atom. The molecule has 0 radical (unpaired) electrons. The fourth-order valence-electron chi connectivity index (χ4n) is 0.833. The first-order chi connectivity index (χ1) is 5.12. The van der Waals surface area contributed by atoms with E-state index in [-0.39, 0.29) is 29.6 Å². The summed E-state index contributed by atoms with van der Waals surface area (Å²) >= 11 is -4.57. The molecular weight excluding hydrogens is 282 g/mol. The standard InChI is InChI=1S/5CH3O.Na.Sn/c5*1-2;;/h5*1H3;;/q5*-1;+1;+4. The van der Waals surface area contributed by atoms with E-state index in [1.54, 1.807) is 0 Å². The van der Waals surface area contributed by atoms with Gasteiger partial charge in [-0.3, -0.25) is 0 Å². The van der Waals surface area contributed by atoms with Crippen LogP contribution in [0.15, 0.2) is 0 Å². The van der Waals surface area contributed by atoms with Crippen LogP contribution in [0.4, 0.5) is 0 Å². The van der Waals surface area contributed by atoms with E-state index in [9.17, 15) is 0 Å². The van der Waals surface area contributed by atoms with E-state index < -0.39 is 19.1 Å². The predicted molar refractivity (Wildman–Crippen MR) is 40.8 cm³/mol. The molecule has 0 aromatic rings. The van der Waals surface area contributed by atoms with Crippen LogP contribution in [0.25, 0.3) is 0 Å².